The Hall–Kier alpha value is -1.97. The minimum Gasteiger partial charge on any atom is -0.464 e. The van der Waals surface area contributed by atoms with Gasteiger partial charge < -0.3 is 10.2 Å². The molecule has 1 unspecified atom stereocenters. The molecule has 1 aliphatic heterocycles. The van der Waals surface area contributed by atoms with Crippen molar-refractivity contribution in [3.05, 3.63) is 36.0 Å². The molecule has 1 atom stereocenters. The average molecular weight is 244 g/mol. The van der Waals surface area contributed by atoms with Crippen molar-refractivity contribution in [2.45, 2.75) is 25.8 Å². The van der Waals surface area contributed by atoms with Gasteiger partial charge in [-0.2, -0.15) is 0 Å². The second-order valence-corrected chi connectivity index (χ2v) is 4.87. The molecule has 2 aromatic rings. The van der Waals surface area contributed by atoms with Crippen LogP contribution in [0, 0.1) is 0 Å². The molecule has 0 radical (unpaired) electrons. The van der Waals surface area contributed by atoms with Crippen LogP contribution in [0.5, 0.6) is 0 Å². The van der Waals surface area contributed by atoms with E-state index >= 15 is 0 Å². The lowest BCUT2D eigenvalue weighted by atomic mass is 9.98. The molecule has 0 saturated carbocycles. The van der Waals surface area contributed by atoms with Gasteiger partial charge in [0.15, 0.2) is 5.54 Å². The van der Waals surface area contributed by atoms with Gasteiger partial charge in [-0.1, -0.05) is 18.2 Å². The van der Waals surface area contributed by atoms with Crippen molar-refractivity contribution in [2.24, 2.45) is 0 Å². The minimum atomic E-state index is -0.657. The number of hydrogen-bond donors (Lipinski definition) is 1. The van der Waals surface area contributed by atoms with E-state index in [1.165, 1.54) is 5.39 Å². The van der Waals surface area contributed by atoms with Crippen molar-refractivity contribution >= 4 is 16.9 Å². The number of esters is 1. The van der Waals surface area contributed by atoms with Crippen LogP contribution in [-0.2, 0) is 16.0 Å². The largest absolute Gasteiger partial charge is 0.464 e. The van der Waals surface area contributed by atoms with Crippen molar-refractivity contribution in [2.75, 3.05) is 12.0 Å². The summed E-state index contributed by atoms with van der Waals surface area (Å²) in [5.41, 5.74) is 4.82. The van der Waals surface area contributed by atoms with Crippen LogP contribution < -0.4 is 5.43 Å². The lowest BCUT2D eigenvalue weighted by Crippen LogP contribution is -2.45. The van der Waals surface area contributed by atoms with Crippen LogP contribution in [0.1, 0.15) is 19.5 Å². The highest BCUT2D eigenvalue weighted by Gasteiger charge is 2.41. The van der Waals surface area contributed by atoms with E-state index in [-0.39, 0.29) is 5.97 Å². The Morgan fingerprint density at radius 2 is 2.28 bits per heavy atom. The summed E-state index contributed by atoms with van der Waals surface area (Å²) in [6.45, 7) is 4.12. The number of benzene rings is 1. The van der Waals surface area contributed by atoms with Crippen LogP contribution in [0.4, 0.5) is 0 Å². The molecule has 4 heteroatoms. The van der Waals surface area contributed by atoms with Gasteiger partial charge in [0.1, 0.15) is 0 Å². The van der Waals surface area contributed by atoms with Crippen molar-refractivity contribution in [3.8, 4) is 0 Å². The molecule has 0 fully saturated rings. The maximum atomic E-state index is 12.0. The molecular weight excluding hydrogens is 228 g/mol. The Morgan fingerprint density at radius 1 is 1.50 bits per heavy atom. The first-order chi connectivity index (χ1) is 8.64. The maximum Gasteiger partial charge on any atom is 0.333 e. The number of nitrogens with one attached hydrogen (secondary N) is 1. The van der Waals surface area contributed by atoms with Crippen molar-refractivity contribution in [1.29, 1.82) is 0 Å². The summed E-state index contributed by atoms with van der Waals surface area (Å²) >= 11 is 0. The number of fused-ring (bicyclic) bond motifs is 3. The lowest BCUT2D eigenvalue weighted by Gasteiger charge is -2.22. The number of ether oxygens (including phenoxy) is 1. The highest BCUT2D eigenvalue weighted by atomic mass is 16.5. The highest BCUT2D eigenvalue weighted by molar-refractivity contribution is 5.87. The number of nitrogens with zero attached hydrogens (tertiary/aromatic N) is 1. The van der Waals surface area contributed by atoms with Crippen LogP contribution >= 0.6 is 0 Å². The zero-order chi connectivity index (χ0) is 12.8. The van der Waals surface area contributed by atoms with Gasteiger partial charge in [0.05, 0.1) is 12.1 Å². The van der Waals surface area contributed by atoms with Crippen LogP contribution in [0.3, 0.4) is 0 Å². The molecule has 0 aliphatic carbocycles. The highest BCUT2D eigenvalue weighted by Crippen LogP contribution is 2.29. The predicted octanol–water partition coefficient (Wildman–Crippen LogP) is 2.06. The molecule has 0 spiro atoms. The molecule has 1 N–H and O–H groups in total. The van der Waals surface area contributed by atoms with Gasteiger partial charge in [0.25, 0.3) is 0 Å². The first-order valence-electron chi connectivity index (χ1n) is 6.19. The van der Waals surface area contributed by atoms with Gasteiger partial charge in [-0.25, -0.2) is 4.79 Å². The Kier molecular flexibility index (Phi) is 2.33. The third-order valence-corrected chi connectivity index (χ3v) is 3.41. The van der Waals surface area contributed by atoms with Gasteiger partial charge in [-0.15, -0.1) is 0 Å². The Labute approximate surface area is 106 Å². The summed E-state index contributed by atoms with van der Waals surface area (Å²) in [5.74, 6) is -0.196. The molecule has 1 aromatic heterocycles. The number of rotatable bonds is 2. The number of carbonyl (C=O) groups is 1. The third kappa shape index (κ3) is 1.49. The topological polar surface area (TPSA) is 43.3 Å². The second kappa shape index (κ2) is 3.77. The number of para-hydroxylation sites is 1. The molecule has 1 aromatic carbocycles. The lowest BCUT2D eigenvalue weighted by molar-refractivity contribution is -0.147. The summed E-state index contributed by atoms with van der Waals surface area (Å²) in [6.07, 6.45) is 0.653. The zero-order valence-electron chi connectivity index (χ0n) is 10.6. The standard InChI is InChI=1S/C14H16N2O2/c1-3-18-13(17)14(2)9-11-8-10-6-4-5-7-12(10)16(11)15-14/h4-8,15H,3,9H2,1-2H3. The molecule has 2 heterocycles. The fraction of sp³-hybridized carbons (Fsp3) is 0.357. The fourth-order valence-electron chi connectivity index (χ4n) is 2.53. The summed E-state index contributed by atoms with van der Waals surface area (Å²) < 4.78 is 7.12. The smallest absolute Gasteiger partial charge is 0.333 e. The molecule has 94 valence electrons. The first-order valence-corrected chi connectivity index (χ1v) is 6.19. The summed E-state index contributed by atoms with van der Waals surface area (Å²) in [7, 11) is 0. The Morgan fingerprint density at radius 3 is 3.06 bits per heavy atom. The van der Waals surface area contributed by atoms with Gasteiger partial charge in [0.2, 0.25) is 0 Å². The van der Waals surface area contributed by atoms with Gasteiger partial charge in [0, 0.05) is 17.5 Å². The predicted molar refractivity (Wildman–Crippen MR) is 70.0 cm³/mol. The molecule has 4 nitrogen and oxygen atoms in total. The number of carbonyl (C=O) groups excluding carboxylic acids is 1. The van der Waals surface area contributed by atoms with Crippen molar-refractivity contribution in [3.63, 3.8) is 0 Å². The number of aromatic nitrogens is 1. The summed E-state index contributed by atoms with van der Waals surface area (Å²) in [4.78, 5) is 12.0. The molecule has 0 amide bonds. The minimum absolute atomic E-state index is 0.196. The van der Waals surface area contributed by atoms with Gasteiger partial charge in [-0.3, -0.25) is 4.68 Å². The van der Waals surface area contributed by atoms with Crippen LogP contribution in [0.15, 0.2) is 30.3 Å². The van der Waals surface area contributed by atoms with Crippen LogP contribution in [0.2, 0.25) is 0 Å². The van der Waals surface area contributed by atoms with Gasteiger partial charge in [-0.05, 0) is 26.0 Å². The number of hydrogen-bond acceptors (Lipinski definition) is 3. The van der Waals surface area contributed by atoms with Crippen LogP contribution in [0.25, 0.3) is 10.9 Å². The molecule has 3 rings (SSSR count). The Balaban J connectivity index is 1.98. The van der Waals surface area contributed by atoms with E-state index in [0.29, 0.717) is 13.0 Å². The molecule has 0 bridgehead atoms. The third-order valence-electron chi connectivity index (χ3n) is 3.41. The monoisotopic (exact) mass is 244 g/mol. The summed E-state index contributed by atoms with van der Waals surface area (Å²) in [6, 6.07) is 10.2. The molecule has 0 saturated heterocycles. The van der Waals surface area contributed by atoms with Gasteiger partial charge >= 0.3 is 5.97 Å². The van der Waals surface area contributed by atoms with E-state index in [0.717, 1.165) is 11.2 Å². The zero-order valence-corrected chi connectivity index (χ0v) is 10.6. The van der Waals surface area contributed by atoms with E-state index in [9.17, 15) is 4.79 Å². The second-order valence-electron chi connectivity index (χ2n) is 4.87. The maximum absolute atomic E-state index is 12.0. The average Bonchev–Trinajstić information content (AvgIpc) is 2.84. The van der Waals surface area contributed by atoms with Crippen molar-refractivity contribution in [1.82, 2.24) is 4.68 Å². The SMILES string of the molecule is CCOC(=O)C1(C)Cc2cc3ccccc3n2N1. The fourth-order valence-corrected chi connectivity index (χ4v) is 2.53. The first kappa shape index (κ1) is 11.1. The molecule has 1 aliphatic rings. The Bertz CT molecular complexity index is 617. The van der Waals surface area contributed by atoms with E-state index in [4.69, 9.17) is 4.74 Å². The van der Waals surface area contributed by atoms with Crippen LogP contribution in [-0.4, -0.2) is 22.8 Å². The van der Waals surface area contributed by atoms with E-state index < -0.39 is 5.54 Å². The van der Waals surface area contributed by atoms with E-state index in [2.05, 4.69) is 17.6 Å². The van der Waals surface area contributed by atoms with E-state index in [1.807, 2.05) is 36.7 Å². The molecule has 18 heavy (non-hydrogen) atoms. The quantitative estimate of drug-likeness (QED) is 0.822. The van der Waals surface area contributed by atoms with E-state index in [1.54, 1.807) is 0 Å². The van der Waals surface area contributed by atoms with Crippen molar-refractivity contribution < 1.29 is 9.53 Å². The summed E-state index contributed by atoms with van der Waals surface area (Å²) in [5, 5.41) is 1.19. The normalized spacial score (nSPS) is 21.7. The molecular formula is C14H16N2O2.